The summed E-state index contributed by atoms with van der Waals surface area (Å²) in [6, 6.07) is 2.26. The fourth-order valence-electron chi connectivity index (χ4n) is 3.38. The highest BCUT2D eigenvalue weighted by molar-refractivity contribution is 5.79. The molecule has 0 unspecified atom stereocenters. The number of rotatable bonds is 6. The van der Waals surface area contributed by atoms with Crippen LogP contribution in [0.2, 0.25) is 0 Å². The van der Waals surface area contributed by atoms with E-state index in [0.717, 1.165) is 24.5 Å². The summed E-state index contributed by atoms with van der Waals surface area (Å²) in [6.45, 7) is 8.50. The normalized spacial score (nSPS) is 23.7. The van der Waals surface area contributed by atoms with E-state index in [0.29, 0.717) is 32.8 Å². The largest absolute Gasteiger partial charge is 0.374 e. The number of hydrogen-bond donors (Lipinski definition) is 1. The first-order chi connectivity index (χ1) is 11.9. The molecule has 1 aromatic rings. The van der Waals surface area contributed by atoms with Crippen LogP contribution in [0, 0.1) is 31.1 Å². The molecule has 1 saturated carbocycles. The predicted molar refractivity (Wildman–Crippen MR) is 90.6 cm³/mol. The molecule has 1 saturated heterocycles. The van der Waals surface area contributed by atoms with E-state index < -0.39 is 5.54 Å². The van der Waals surface area contributed by atoms with Gasteiger partial charge in [0, 0.05) is 13.1 Å². The molecule has 2 heterocycles. The van der Waals surface area contributed by atoms with Crippen LogP contribution in [0.3, 0.4) is 0 Å². The highest BCUT2D eigenvalue weighted by Gasteiger charge is 2.43. The molecule has 25 heavy (non-hydrogen) atoms. The van der Waals surface area contributed by atoms with Gasteiger partial charge in [-0.25, -0.2) is 9.67 Å². The van der Waals surface area contributed by atoms with Crippen molar-refractivity contribution in [1.82, 2.24) is 25.0 Å². The van der Waals surface area contributed by atoms with Gasteiger partial charge >= 0.3 is 0 Å². The second kappa shape index (κ2) is 7.10. The Hall–Kier alpha value is -1.98. The zero-order valence-electron chi connectivity index (χ0n) is 15.2. The molecule has 8 heteroatoms. The number of morpholine rings is 1. The van der Waals surface area contributed by atoms with E-state index in [9.17, 15) is 10.1 Å². The number of ether oxygens (including phenoxy) is 1. The number of amides is 1. The van der Waals surface area contributed by atoms with Crippen LogP contribution in [-0.4, -0.2) is 63.5 Å². The van der Waals surface area contributed by atoms with E-state index in [1.54, 1.807) is 0 Å². The van der Waals surface area contributed by atoms with Crippen molar-refractivity contribution >= 4 is 5.91 Å². The molecule has 0 aromatic carbocycles. The number of hydrogen-bond acceptors (Lipinski definition) is 6. The van der Waals surface area contributed by atoms with Gasteiger partial charge in [0.15, 0.2) is 0 Å². The fourth-order valence-corrected chi connectivity index (χ4v) is 3.38. The monoisotopic (exact) mass is 346 g/mol. The lowest BCUT2D eigenvalue weighted by Gasteiger charge is -2.33. The third-order valence-electron chi connectivity index (χ3n) is 4.95. The molecular weight excluding hydrogens is 320 g/mol. The van der Waals surface area contributed by atoms with Crippen molar-refractivity contribution in [3.8, 4) is 6.07 Å². The molecular formula is C17H26N6O2. The standard InChI is InChI=1S/C17H26N6O2/c1-12-19-13(2)23(21-12)9-15-8-22(6-7-25-15)10-16(24)20-17(3,11-18)14-4-5-14/h14-15H,4-10H2,1-3H3,(H,20,24)/t15-,17-/m0/s1. The van der Waals surface area contributed by atoms with Crippen molar-refractivity contribution in [2.45, 2.75) is 51.8 Å². The number of nitrogens with zero attached hydrogens (tertiary/aromatic N) is 5. The first-order valence-corrected chi connectivity index (χ1v) is 8.84. The molecule has 136 valence electrons. The molecule has 0 bridgehead atoms. The highest BCUT2D eigenvalue weighted by Crippen LogP contribution is 2.39. The quantitative estimate of drug-likeness (QED) is 0.801. The lowest BCUT2D eigenvalue weighted by Crippen LogP contribution is -2.53. The highest BCUT2D eigenvalue weighted by atomic mass is 16.5. The van der Waals surface area contributed by atoms with E-state index in [4.69, 9.17) is 4.74 Å². The molecule has 8 nitrogen and oxygen atoms in total. The predicted octanol–water partition coefficient (Wildman–Crippen LogP) is 0.404. The van der Waals surface area contributed by atoms with Gasteiger partial charge in [-0.3, -0.25) is 9.69 Å². The van der Waals surface area contributed by atoms with Crippen LogP contribution >= 0.6 is 0 Å². The molecule has 1 aromatic heterocycles. The van der Waals surface area contributed by atoms with Crippen molar-refractivity contribution in [3.63, 3.8) is 0 Å². The van der Waals surface area contributed by atoms with Gasteiger partial charge in [-0.1, -0.05) is 0 Å². The number of aryl methyl sites for hydroxylation is 2. The second-order valence-corrected chi connectivity index (χ2v) is 7.25. The zero-order valence-corrected chi connectivity index (χ0v) is 15.2. The number of nitriles is 1. The van der Waals surface area contributed by atoms with Gasteiger partial charge in [0.05, 0.1) is 31.9 Å². The molecule has 0 radical (unpaired) electrons. The van der Waals surface area contributed by atoms with Crippen LogP contribution in [-0.2, 0) is 16.1 Å². The average Bonchev–Trinajstić information content (AvgIpc) is 3.35. The van der Waals surface area contributed by atoms with E-state index in [-0.39, 0.29) is 17.9 Å². The third-order valence-corrected chi connectivity index (χ3v) is 4.95. The van der Waals surface area contributed by atoms with Crippen LogP contribution in [0.15, 0.2) is 0 Å². The van der Waals surface area contributed by atoms with Gasteiger partial charge in [-0.15, -0.1) is 0 Å². The Labute approximate surface area is 148 Å². The summed E-state index contributed by atoms with van der Waals surface area (Å²) in [5.74, 6) is 1.81. The van der Waals surface area contributed by atoms with Crippen LogP contribution in [0.1, 0.15) is 31.4 Å². The Balaban J connectivity index is 1.52. The molecule has 1 aliphatic carbocycles. The minimum Gasteiger partial charge on any atom is -0.374 e. The lowest BCUT2D eigenvalue weighted by molar-refractivity contribution is -0.125. The van der Waals surface area contributed by atoms with Crippen molar-refractivity contribution in [3.05, 3.63) is 11.6 Å². The summed E-state index contributed by atoms with van der Waals surface area (Å²) in [6.07, 6.45) is 2.01. The fraction of sp³-hybridized carbons (Fsp3) is 0.765. The maximum absolute atomic E-state index is 12.4. The number of nitrogens with one attached hydrogen (secondary N) is 1. The van der Waals surface area contributed by atoms with Gasteiger partial charge in [0.1, 0.15) is 17.2 Å². The SMILES string of the molecule is Cc1nc(C)n(C[C@@H]2CN(CC(=O)N[C@@](C)(C#N)C3CC3)CCO2)n1. The van der Waals surface area contributed by atoms with E-state index >= 15 is 0 Å². The smallest absolute Gasteiger partial charge is 0.235 e. The van der Waals surface area contributed by atoms with Crippen molar-refractivity contribution in [1.29, 1.82) is 5.26 Å². The minimum atomic E-state index is -0.738. The molecule has 3 rings (SSSR count). The summed E-state index contributed by atoms with van der Waals surface area (Å²) in [7, 11) is 0. The lowest BCUT2D eigenvalue weighted by atomic mass is 9.98. The van der Waals surface area contributed by atoms with Crippen LogP contribution in [0.5, 0.6) is 0 Å². The maximum atomic E-state index is 12.4. The van der Waals surface area contributed by atoms with Crippen LogP contribution in [0.4, 0.5) is 0 Å². The number of carbonyl (C=O) groups excluding carboxylic acids is 1. The Morgan fingerprint density at radius 1 is 1.48 bits per heavy atom. The van der Waals surface area contributed by atoms with Gasteiger partial charge in [0.25, 0.3) is 0 Å². The van der Waals surface area contributed by atoms with Gasteiger partial charge in [0.2, 0.25) is 5.91 Å². The Morgan fingerprint density at radius 2 is 2.24 bits per heavy atom. The summed E-state index contributed by atoms with van der Waals surface area (Å²) in [5, 5.41) is 16.7. The molecule has 1 amide bonds. The Kier molecular flexibility index (Phi) is 5.06. The minimum absolute atomic E-state index is 0.0212. The topological polar surface area (TPSA) is 96.1 Å². The summed E-state index contributed by atoms with van der Waals surface area (Å²) < 4.78 is 7.66. The first kappa shape index (κ1) is 17.8. The summed E-state index contributed by atoms with van der Waals surface area (Å²) >= 11 is 0. The Bertz CT molecular complexity index is 677. The van der Waals surface area contributed by atoms with Crippen molar-refractivity contribution < 1.29 is 9.53 Å². The molecule has 1 N–H and O–H groups in total. The molecule has 1 aliphatic heterocycles. The molecule has 0 spiro atoms. The molecule has 2 atom stereocenters. The van der Waals surface area contributed by atoms with Crippen LogP contribution < -0.4 is 5.32 Å². The maximum Gasteiger partial charge on any atom is 0.235 e. The van der Waals surface area contributed by atoms with Crippen LogP contribution in [0.25, 0.3) is 0 Å². The number of carbonyl (C=O) groups is 1. The van der Waals surface area contributed by atoms with Crippen molar-refractivity contribution in [2.75, 3.05) is 26.2 Å². The van der Waals surface area contributed by atoms with Gasteiger partial charge in [-0.2, -0.15) is 10.4 Å². The average molecular weight is 346 g/mol. The number of aromatic nitrogens is 3. The van der Waals surface area contributed by atoms with Gasteiger partial charge < -0.3 is 10.1 Å². The van der Waals surface area contributed by atoms with E-state index in [1.807, 2.05) is 25.5 Å². The molecule has 2 fully saturated rings. The zero-order chi connectivity index (χ0) is 18.0. The second-order valence-electron chi connectivity index (χ2n) is 7.25. The summed E-state index contributed by atoms with van der Waals surface area (Å²) in [4.78, 5) is 18.7. The van der Waals surface area contributed by atoms with Crippen molar-refractivity contribution in [2.24, 2.45) is 5.92 Å². The van der Waals surface area contributed by atoms with Gasteiger partial charge in [-0.05, 0) is 39.5 Å². The van der Waals surface area contributed by atoms with E-state index in [1.165, 1.54) is 0 Å². The third kappa shape index (κ3) is 4.35. The first-order valence-electron chi connectivity index (χ1n) is 8.84. The Morgan fingerprint density at radius 3 is 2.84 bits per heavy atom. The molecule has 2 aliphatic rings. The summed E-state index contributed by atoms with van der Waals surface area (Å²) in [5.41, 5.74) is -0.738. The van der Waals surface area contributed by atoms with E-state index in [2.05, 4.69) is 26.4 Å².